The summed E-state index contributed by atoms with van der Waals surface area (Å²) in [4.78, 5) is 41.4. The van der Waals surface area contributed by atoms with E-state index in [2.05, 4.69) is 10.3 Å². The minimum atomic E-state index is -0.420. The number of aromatic nitrogens is 1. The van der Waals surface area contributed by atoms with Gasteiger partial charge in [0.1, 0.15) is 5.69 Å². The maximum absolute atomic E-state index is 12.6. The number of imide groups is 1. The zero-order chi connectivity index (χ0) is 19.1. The van der Waals surface area contributed by atoms with Crippen LogP contribution in [-0.4, -0.2) is 22.7 Å². The van der Waals surface area contributed by atoms with Crippen LogP contribution in [-0.2, 0) is 0 Å². The molecule has 27 heavy (non-hydrogen) atoms. The van der Waals surface area contributed by atoms with Crippen molar-refractivity contribution in [3.05, 3.63) is 82.1 Å². The van der Waals surface area contributed by atoms with Crippen LogP contribution in [0.4, 0.5) is 11.4 Å². The summed E-state index contributed by atoms with van der Waals surface area (Å²) in [6.45, 7) is 1.82. The van der Waals surface area contributed by atoms with Gasteiger partial charge in [0.25, 0.3) is 17.7 Å². The normalized spacial score (nSPS) is 13.0. The van der Waals surface area contributed by atoms with Gasteiger partial charge in [-0.25, -0.2) is 4.90 Å². The molecule has 134 valence electrons. The van der Waals surface area contributed by atoms with E-state index < -0.39 is 11.8 Å². The number of carbonyl (C=O) groups excluding carboxylic acids is 3. The van der Waals surface area contributed by atoms with Gasteiger partial charge in [0.2, 0.25) is 0 Å². The van der Waals surface area contributed by atoms with Gasteiger partial charge < -0.3 is 10.3 Å². The first-order chi connectivity index (χ1) is 13.0. The monoisotopic (exact) mass is 379 g/mol. The molecule has 0 bridgehead atoms. The van der Waals surface area contributed by atoms with E-state index >= 15 is 0 Å². The number of carbonyl (C=O) groups is 3. The summed E-state index contributed by atoms with van der Waals surface area (Å²) in [6.07, 6.45) is 1.68. The summed E-state index contributed by atoms with van der Waals surface area (Å²) >= 11 is 6.32. The number of anilines is 2. The molecule has 0 saturated heterocycles. The smallest absolute Gasteiger partial charge is 0.272 e. The van der Waals surface area contributed by atoms with Crippen molar-refractivity contribution in [3.8, 4) is 0 Å². The average Bonchev–Trinajstić information content (AvgIpc) is 3.18. The van der Waals surface area contributed by atoms with E-state index in [1.165, 1.54) is 6.07 Å². The average molecular weight is 380 g/mol. The highest BCUT2D eigenvalue weighted by molar-refractivity contribution is 6.40. The van der Waals surface area contributed by atoms with Crippen LogP contribution in [0.2, 0.25) is 5.02 Å². The van der Waals surface area contributed by atoms with Gasteiger partial charge >= 0.3 is 0 Å². The predicted molar refractivity (Wildman–Crippen MR) is 103 cm³/mol. The molecule has 0 atom stereocenters. The second kappa shape index (κ2) is 6.41. The molecule has 2 aromatic carbocycles. The van der Waals surface area contributed by atoms with E-state index in [1.54, 1.807) is 48.7 Å². The number of fused-ring (bicyclic) bond motifs is 1. The summed E-state index contributed by atoms with van der Waals surface area (Å²) in [6, 6.07) is 13.1. The summed E-state index contributed by atoms with van der Waals surface area (Å²) < 4.78 is 0. The molecule has 1 aliphatic heterocycles. The molecule has 2 heterocycles. The molecule has 7 heteroatoms. The Bertz CT molecular complexity index is 1070. The second-order valence-corrected chi connectivity index (χ2v) is 6.55. The van der Waals surface area contributed by atoms with E-state index in [9.17, 15) is 14.4 Å². The molecule has 0 fully saturated rings. The van der Waals surface area contributed by atoms with Crippen molar-refractivity contribution in [2.45, 2.75) is 6.92 Å². The minimum Gasteiger partial charge on any atom is -0.357 e. The number of amides is 3. The SMILES string of the molecule is Cc1cc[nH]c1C(=O)Nc1ccc(N2C(=O)c3ccccc3C2=O)c(Cl)c1. The predicted octanol–water partition coefficient (Wildman–Crippen LogP) is 4.03. The maximum Gasteiger partial charge on any atom is 0.272 e. The lowest BCUT2D eigenvalue weighted by molar-refractivity contribution is 0.0924. The van der Waals surface area contributed by atoms with Crippen molar-refractivity contribution in [2.24, 2.45) is 0 Å². The Morgan fingerprint density at radius 3 is 2.26 bits per heavy atom. The van der Waals surface area contributed by atoms with E-state index in [1.807, 2.05) is 6.92 Å². The lowest BCUT2D eigenvalue weighted by Gasteiger charge is -2.16. The largest absolute Gasteiger partial charge is 0.357 e. The number of hydrogen-bond donors (Lipinski definition) is 2. The lowest BCUT2D eigenvalue weighted by Crippen LogP contribution is -2.29. The first-order valence-corrected chi connectivity index (χ1v) is 8.58. The van der Waals surface area contributed by atoms with Crippen LogP contribution in [0.3, 0.4) is 0 Å². The van der Waals surface area contributed by atoms with Crippen LogP contribution < -0.4 is 10.2 Å². The van der Waals surface area contributed by atoms with E-state index in [-0.39, 0.29) is 16.6 Å². The van der Waals surface area contributed by atoms with Crippen molar-refractivity contribution in [3.63, 3.8) is 0 Å². The Morgan fingerprint density at radius 2 is 1.70 bits per heavy atom. The van der Waals surface area contributed by atoms with E-state index in [4.69, 9.17) is 11.6 Å². The molecule has 0 aliphatic carbocycles. The number of nitrogens with one attached hydrogen (secondary N) is 2. The second-order valence-electron chi connectivity index (χ2n) is 6.15. The Morgan fingerprint density at radius 1 is 1.04 bits per heavy atom. The number of benzene rings is 2. The first kappa shape index (κ1) is 17.1. The molecule has 6 nitrogen and oxygen atoms in total. The van der Waals surface area contributed by atoms with Gasteiger partial charge in [-0.3, -0.25) is 14.4 Å². The van der Waals surface area contributed by atoms with Gasteiger partial charge in [-0.1, -0.05) is 23.7 Å². The topological polar surface area (TPSA) is 82.3 Å². The molecule has 3 aromatic rings. The molecule has 0 spiro atoms. The molecule has 4 rings (SSSR count). The Labute approximate surface area is 159 Å². The fourth-order valence-corrected chi connectivity index (χ4v) is 3.32. The Balaban J connectivity index is 1.62. The fourth-order valence-electron chi connectivity index (χ4n) is 3.06. The van der Waals surface area contributed by atoms with Gasteiger partial charge in [0.15, 0.2) is 0 Å². The zero-order valence-electron chi connectivity index (χ0n) is 14.2. The summed E-state index contributed by atoms with van der Waals surface area (Å²) in [5.74, 6) is -1.14. The molecule has 1 aromatic heterocycles. The summed E-state index contributed by atoms with van der Waals surface area (Å²) in [5, 5.41) is 2.93. The fraction of sp³-hybridized carbons (Fsp3) is 0.0500. The van der Waals surface area contributed by atoms with Crippen LogP contribution in [0.5, 0.6) is 0 Å². The van der Waals surface area contributed by atoms with Gasteiger partial charge in [0, 0.05) is 11.9 Å². The molecule has 1 aliphatic rings. The third-order valence-electron chi connectivity index (χ3n) is 4.42. The number of halogens is 1. The first-order valence-electron chi connectivity index (χ1n) is 8.20. The van der Waals surface area contributed by atoms with Crippen LogP contribution in [0.15, 0.2) is 54.7 Å². The standard InChI is InChI=1S/C20H14ClN3O3/c1-11-8-9-22-17(11)18(25)23-12-6-7-16(15(21)10-12)24-19(26)13-4-2-3-5-14(13)20(24)27/h2-10,22H,1H3,(H,23,25). The number of aryl methyl sites for hydroxylation is 1. The van der Waals surface area contributed by atoms with E-state index in [0.29, 0.717) is 22.5 Å². The van der Waals surface area contributed by atoms with Crippen molar-refractivity contribution in [1.29, 1.82) is 0 Å². The van der Waals surface area contributed by atoms with Crippen LogP contribution in [0, 0.1) is 6.92 Å². The van der Waals surface area contributed by atoms with Gasteiger partial charge in [-0.05, 0) is 48.9 Å². The van der Waals surface area contributed by atoms with Crippen molar-refractivity contribution in [1.82, 2.24) is 4.98 Å². The number of nitrogens with zero attached hydrogens (tertiary/aromatic N) is 1. The zero-order valence-corrected chi connectivity index (χ0v) is 15.0. The van der Waals surface area contributed by atoms with Gasteiger partial charge in [-0.15, -0.1) is 0 Å². The van der Waals surface area contributed by atoms with Crippen molar-refractivity contribution < 1.29 is 14.4 Å². The van der Waals surface area contributed by atoms with Crippen LogP contribution >= 0.6 is 11.6 Å². The summed E-state index contributed by atoms with van der Waals surface area (Å²) in [7, 11) is 0. The highest BCUT2D eigenvalue weighted by atomic mass is 35.5. The quantitative estimate of drug-likeness (QED) is 0.674. The molecule has 0 radical (unpaired) electrons. The Hall–Kier alpha value is -3.38. The van der Waals surface area contributed by atoms with Gasteiger partial charge in [-0.2, -0.15) is 0 Å². The number of hydrogen-bond acceptors (Lipinski definition) is 3. The molecule has 2 N–H and O–H groups in total. The number of rotatable bonds is 3. The highest BCUT2D eigenvalue weighted by Crippen LogP contribution is 2.34. The minimum absolute atomic E-state index is 0.186. The third kappa shape index (κ3) is 2.80. The van der Waals surface area contributed by atoms with Crippen LogP contribution in [0.25, 0.3) is 0 Å². The molecule has 3 amide bonds. The third-order valence-corrected chi connectivity index (χ3v) is 4.73. The molecule has 0 saturated carbocycles. The Kier molecular flexibility index (Phi) is 4.05. The molecular formula is C20H14ClN3O3. The lowest BCUT2D eigenvalue weighted by atomic mass is 10.1. The van der Waals surface area contributed by atoms with Crippen molar-refractivity contribution in [2.75, 3.05) is 10.2 Å². The molecular weight excluding hydrogens is 366 g/mol. The maximum atomic E-state index is 12.6. The van der Waals surface area contributed by atoms with Crippen LogP contribution in [0.1, 0.15) is 36.8 Å². The van der Waals surface area contributed by atoms with Crippen molar-refractivity contribution >= 4 is 40.7 Å². The highest BCUT2D eigenvalue weighted by Gasteiger charge is 2.37. The summed E-state index contributed by atoms with van der Waals surface area (Å²) in [5.41, 5.74) is 2.70. The van der Waals surface area contributed by atoms with E-state index in [0.717, 1.165) is 10.5 Å². The number of H-pyrrole nitrogens is 1. The molecule has 0 unspecified atom stereocenters. The van der Waals surface area contributed by atoms with Gasteiger partial charge in [0.05, 0.1) is 21.8 Å². The number of aromatic amines is 1.